The highest BCUT2D eigenvalue weighted by atomic mass is 19.2. The van der Waals surface area contributed by atoms with Gasteiger partial charge in [-0.15, -0.1) is 0 Å². The molecule has 0 unspecified atom stereocenters. The number of halogens is 2. The van der Waals surface area contributed by atoms with Gasteiger partial charge in [-0.2, -0.15) is 0 Å². The Kier molecular flexibility index (Phi) is 10.7. The third-order valence-electron chi connectivity index (χ3n) is 7.35. The van der Waals surface area contributed by atoms with Crippen molar-refractivity contribution in [1.29, 1.82) is 0 Å². The first-order valence-corrected chi connectivity index (χ1v) is 12.8. The summed E-state index contributed by atoms with van der Waals surface area (Å²) >= 11 is 0. The van der Waals surface area contributed by atoms with Crippen LogP contribution >= 0.6 is 0 Å². The fraction of sp³-hybridized carbons (Fsp3) is 0.778. The molecular weight excluding hydrogens is 394 g/mol. The molecule has 31 heavy (non-hydrogen) atoms. The molecule has 1 aliphatic carbocycles. The number of ether oxygens (including phenoxy) is 2. The SMILES string of the molecule is CCCCCCCCC[C@H]1CC[C@H](CC[C@H]2CO[C@H](c3ccc(F)c(F)c3)OC2)CC1. The van der Waals surface area contributed by atoms with Gasteiger partial charge >= 0.3 is 0 Å². The van der Waals surface area contributed by atoms with E-state index in [9.17, 15) is 8.78 Å². The van der Waals surface area contributed by atoms with Crippen molar-refractivity contribution in [3.05, 3.63) is 35.4 Å². The van der Waals surface area contributed by atoms with E-state index in [1.165, 1.54) is 95.6 Å². The van der Waals surface area contributed by atoms with E-state index in [0.29, 0.717) is 24.7 Å². The van der Waals surface area contributed by atoms with Gasteiger partial charge in [0.15, 0.2) is 17.9 Å². The molecule has 0 amide bonds. The van der Waals surface area contributed by atoms with Crippen LogP contribution in [0.3, 0.4) is 0 Å². The average molecular weight is 437 g/mol. The lowest BCUT2D eigenvalue weighted by Crippen LogP contribution is -2.28. The number of rotatable bonds is 12. The smallest absolute Gasteiger partial charge is 0.183 e. The molecule has 2 fully saturated rings. The van der Waals surface area contributed by atoms with Crippen molar-refractivity contribution in [2.24, 2.45) is 17.8 Å². The molecule has 0 N–H and O–H groups in total. The summed E-state index contributed by atoms with van der Waals surface area (Å²) in [5, 5.41) is 0. The van der Waals surface area contributed by atoms with E-state index >= 15 is 0 Å². The second-order valence-electron chi connectivity index (χ2n) is 9.91. The fourth-order valence-corrected chi connectivity index (χ4v) is 5.23. The normalized spacial score (nSPS) is 26.8. The molecule has 0 spiro atoms. The molecule has 176 valence electrons. The number of hydrogen-bond acceptors (Lipinski definition) is 2. The summed E-state index contributed by atoms with van der Waals surface area (Å²) in [5.74, 6) is 0.537. The third kappa shape index (κ3) is 8.46. The van der Waals surface area contributed by atoms with Gasteiger partial charge in [0, 0.05) is 11.5 Å². The van der Waals surface area contributed by atoms with E-state index in [2.05, 4.69) is 6.92 Å². The van der Waals surface area contributed by atoms with Crippen LogP contribution in [0.5, 0.6) is 0 Å². The van der Waals surface area contributed by atoms with Crippen LogP contribution in [0.1, 0.15) is 109 Å². The van der Waals surface area contributed by atoms with Gasteiger partial charge in [0.05, 0.1) is 13.2 Å². The minimum atomic E-state index is -0.852. The van der Waals surface area contributed by atoms with Crippen LogP contribution in [0.15, 0.2) is 18.2 Å². The molecule has 1 aromatic carbocycles. The Hall–Kier alpha value is -1.00. The van der Waals surface area contributed by atoms with Crippen LogP contribution in [0, 0.1) is 29.4 Å². The van der Waals surface area contributed by atoms with Gasteiger partial charge in [0.25, 0.3) is 0 Å². The maximum absolute atomic E-state index is 13.4. The second-order valence-corrected chi connectivity index (χ2v) is 9.91. The topological polar surface area (TPSA) is 18.5 Å². The van der Waals surface area contributed by atoms with Crippen molar-refractivity contribution in [1.82, 2.24) is 0 Å². The Bertz CT molecular complexity index is 620. The molecule has 3 rings (SSSR count). The van der Waals surface area contributed by atoms with Crippen molar-refractivity contribution >= 4 is 0 Å². The van der Waals surface area contributed by atoms with Gasteiger partial charge in [-0.3, -0.25) is 0 Å². The zero-order valence-corrected chi connectivity index (χ0v) is 19.4. The molecule has 4 heteroatoms. The van der Waals surface area contributed by atoms with E-state index in [4.69, 9.17) is 9.47 Å². The standard InChI is InChI=1S/C27H42F2O2/c1-2-3-4-5-6-7-8-9-21-10-12-22(13-11-21)14-15-23-19-30-27(31-20-23)24-16-17-25(28)26(29)18-24/h16-18,21-23,27H,2-15,19-20H2,1H3/t21-,22-,23-,27-. The van der Waals surface area contributed by atoms with Gasteiger partial charge in [0.1, 0.15) is 0 Å². The minimum absolute atomic E-state index is 0.409. The van der Waals surface area contributed by atoms with E-state index in [1.807, 2.05) is 0 Å². The monoisotopic (exact) mass is 436 g/mol. The Balaban J connectivity index is 1.23. The van der Waals surface area contributed by atoms with Crippen molar-refractivity contribution in [2.45, 2.75) is 103 Å². The zero-order valence-electron chi connectivity index (χ0n) is 19.4. The highest BCUT2D eigenvalue weighted by molar-refractivity contribution is 5.19. The summed E-state index contributed by atoms with van der Waals surface area (Å²) in [5.41, 5.74) is 0.552. The van der Waals surface area contributed by atoms with E-state index < -0.39 is 17.9 Å². The molecule has 0 aromatic heterocycles. The van der Waals surface area contributed by atoms with Gasteiger partial charge in [-0.1, -0.05) is 96.5 Å². The molecule has 0 bridgehead atoms. The Morgan fingerprint density at radius 1 is 0.710 bits per heavy atom. The third-order valence-corrected chi connectivity index (χ3v) is 7.35. The van der Waals surface area contributed by atoms with E-state index in [0.717, 1.165) is 24.3 Å². The van der Waals surface area contributed by atoms with Crippen LogP contribution in [-0.4, -0.2) is 13.2 Å². The highest BCUT2D eigenvalue weighted by Crippen LogP contribution is 2.36. The van der Waals surface area contributed by atoms with E-state index in [-0.39, 0.29) is 0 Å². The lowest BCUT2D eigenvalue weighted by Gasteiger charge is -2.32. The van der Waals surface area contributed by atoms with Crippen LogP contribution in [-0.2, 0) is 9.47 Å². The quantitative estimate of drug-likeness (QED) is 0.306. The molecule has 2 nitrogen and oxygen atoms in total. The summed E-state index contributed by atoms with van der Waals surface area (Å²) in [7, 11) is 0. The van der Waals surface area contributed by atoms with Crippen molar-refractivity contribution < 1.29 is 18.3 Å². The first-order chi connectivity index (χ1) is 15.2. The maximum Gasteiger partial charge on any atom is 0.183 e. The lowest BCUT2D eigenvalue weighted by atomic mass is 9.77. The number of unbranched alkanes of at least 4 members (excludes halogenated alkanes) is 6. The highest BCUT2D eigenvalue weighted by Gasteiger charge is 2.26. The predicted octanol–water partition coefficient (Wildman–Crippen LogP) is 8.35. The molecule has 1 aliphatic heterocycles. The summed E-state index contributed by atoms with van der Waals surface area (Å²) in [4.78, 5) is 0. The second kappa shape index (κ2) is 13.5. The largest absolute Gasteiger partial charge is 0.348 e. The fourth-order valence-electron chi connectivity index (χ4n) is 5.23. The number of benzene rings is 1. The summed E-state index contributed by atoms with van der Waals surface area (Å²) in [6.07, 6.45) is 18.7. The van der Waals surface area contributed by atoms with Crippen molar-refractivity contribution in [3.63, 3.8) is 0 Å². The summed E-state index contributed by atoms with van der Waals surface area (Å²) in [6.45, 7) is 3.55. The lowest BCUT2D eigenvalue weighted by molar-refractivity contribution is -0.206. The van der Waals surface area contributed by atoms with Gasteiger partial charge in [-0.25, -0.2) is 8.78 Å². The first kappa shape index (κ1) is 24.6. The van der Waals surface area contributed by atoms with Gasteiger partial charge < -0.3 is 9.47 Å². The van der Waals surface area contributed by atoms with E-state index in [1.54, 1.807) is 0 Å². The number of hydrogen-bond donors (Lipinski definition) is 0. The zero-order chi connectivity index (χ0) is 21.9. The molecule has 1 saturated carbocycles. The molecule has 1 aromatic rings. The summed E-state index contributed by atoms with van der Waals surface area (Å²) in [6, 6.07) is 3.84. The molecule has 1 saturated heterocycles. The Morgan fingerprint density at radius 3 is 1.94 bits per heavy atom. The van der Waals surface area contributed by atoms with Crippen LogP contribution < -0.4 is 0 Å². The van der Waals surface area contributed by atoms with Crippen LogP contribution in [0.4, 0.5) is 8.78 Å². The molecule has 0 radical (unpaired) electrons. The van der Waals surface area contributed by atoms with Gasteiger partial charge in [-0.05, 0) is 30.4 Å². The minimum Gasteiger partial charge on any atom is -0.348 e. The first-order valence-electron chi connectivity index (χ1n) is 12.8. The van der Waals surface area contributed by atoms with Crippen LogP contribution in [0.2, 0.25) is 0 Å². The Morgan fingerprint density at radius 2 is 1.29 bits per heavy atom. The molecule has 2 aliphatic rings. The molecular formula is C27H42F2O2. The van der Waals surface area contributed by atoms with Crippen molar-refractivity contribution in [3.8, 4) is 0 Å². The van der Waals surface area contributed by atoms with Crippen molar-refractivity contribution in [2.75, 3.05) is 13.2 Å². The van der Waals surface area contributed by atoms with Crippen LogP contribution in [0.25, 0.3) is 0 Å². The molecule has 0 atom stereocenters. The predicted molar refractivity (Wildman–Crippen MR) is 122 cm³/mol. The van der Waals surface area contributed by atoms with Gasteiger partial charge in [0.2, 0.25) is 0 Å². The molecule has 1 heterocycles. The summed E-state index contributed by atoms with van der Waals surface area (Å²) < 4.78 is 38.1. The average Bonchev–Trinajstić information content (AvgIpc) is 2.80. The maximum atomic E-state index is 13.4. The Labute approximate surface area is 188 Å².